The van der Waals surface area contributed by atoms with Gasteiger partial charge >= 0.3 is 0 Å². The van der Waals surface area contributed by atoms with Crippen molar-refractivity contribution in [2.45, 2.75) is 0 Å². The van der Waals surface area contributed by atoms with Gasteiger partial charge in [0.1, 0.15) is 0 Å². The Morgan fingerprint density at radius 3 is 2.40 bits per heavy atom. The van der Waals surface area contributed by atoms with Crippen LogP contribution < -0.4 is 0 Å². The highest BCUT2D eigenvalue weighted by Gasteiger charge is 2.05. The highest BCUT2D eigenvalue weighted by atomic mass is 14.7. The van der Waals surface area contributed by atoms with Gasteiger partial charge in [-0.1, -0.05) is 42.5 Å². The van der Waals surface area contributed by atoms with Crippen molar-refractivity contribution in [1.29, 1.82) is 0 Å². The van der Waals surface area contributed by atoms with Crippen LogP contribution in [0.25, 0.3) is 32.9 Å². The van der Waals surface area contributed by atoms with Crippen molar-refractivity contribution in [2.75, 3.05) is 0 Å². The van der Waals surface area contributed by atoms with E-state index in [2.05, 4.69) is 58.5 Å². The second kappa shape index (κ2) is 4.42. The van der Waals surface area contributed by atoms with E-state index in [1.807, 2.05) is 24.5 Å². The molecule has 0 N–H and O–H groups in total. The molecule has 4 aromatic rings. The number of pyridine rings is 2. The first kappa shape index (κ1) is 11.1. The van der Waals surface area contributed by atoms with Gasteiger partial charge < -0.3 is 0 Å². The van der Waals surface area contributed by atoms with Gasteiger partial charge in [0.2, 0.25) is 0 Å². The monoisotopic (exact) mass is 256 g/mol. The molecule has 0 aliphatic heterocycles. The van der Waals surface area contributed by atoms with E-state index in [9.17, 15) is 0 Å². The Balaban J connectivity index is 2.01. The third-order valence-electron chi connectivity index (χ3n) is 3.55. The quantitative estimate of drug-likeness (QED) is 0.503. The second-order valence-electron chi connectivity index (χ2n) is 4.79. The minimum Gasteiger partial charge on any atom is -0.256 e. The molecule has 2 heteroatoms. The van der Waals surface area contributed by atoms with Gasteiger partial charge in [-0.25, -0.2) is 0 Å². The topological polar surface area (TPSA) is 25.8 Å². The Bertz CT molecular complexity index is 908. The highest BCUT2D eigenvalue weighted by Crippen LogP contribution is 2.28. The first-order chi connectivity index (χ1) is 9.92. The van der Waals surface area contributed by atoms with Crippen LogP contribution in [0.15, 0.2) is 73.1 Å². The van der Waals surface area contributed by atoms with Gasteiger partial charge in [-0.2, -0.15) is 0 Å². The van der Waals surface area contributed by atoms with Crippen LogP contribution in [0.4, 0.5) is 0 Å². The number of benzene rings is 2. The van der Waals surface area contributed by atoms with Gasteiger partial charge in [-0.3, -0.25) is 9.97 Å². The summed E-state index contributed by atoms with van der Waals surface area (Å²) in [6, 6.07) is 20.7. The number of hydrogen-bond donors (Lipinski definition) is 0. The maximum absolute atomic E-state index is 4.52. The number of nitrogens with zero attached hydrogens (tertiary/aromatic N) is 2. The number of rotatable bonds is 1. The second-order valence-corrected chi connectivity index (χ2v) is 4.79. The van der Waals surface area contributed by atoms with Crippen molar-refractivity contribution < 1.29 is 0 Å². The van der Waals surface area contributed by atoms with Crippen molar-refractivity contribution >= 4 is 21.8 Å². The van der Waals surface area contributed by atoms with Gasteiger partial charge in [0.25, 0.3) is 0 Å². The first-order valence-corrected chi connectivity index (χ1v) is 6.61. The molecule has 0 fully saturated rings. The summed E-state index contributed by atoms with van der Waals surface area (Å²) in [7, 11) is 0. The van der Waals surface area contributed by atoms with Gasteiger partial charge in [-0.05, 0) is 23.8 Å². The van der Waals surface area contributed by atoms with Crippen LogP contribution in [0.3, 0.4) is 0 Å². The molecular weight excluding hydrogens is 244 g/mol. The largest absolute Gasteiger partial charge is 0.256 e. The average Bonchev–Trinajstić information content (AvgIpc) is 2.54. The molecular formula is C18H12N2. The lowest BCUT2D eigenvalue weighted by Crippen LogP contribution is -1.85. The van der Waals surface area contributed by atoms with Crippen LogP contribution in [0, 0.1) is 0 Å². The smallest absolute Gasteiger partial charge is 0.0780 e. The number of para-hydroxylation sites is 1. The van der Waals surface area contributed by atoms with E-state index < -0.39 is 0 Å². The van der Waals surface area contributed by atoms with E-state index in [0.29, 0.717) is 0 Å². The van der Waals surface area contributed by atoms with E-state index in [4.69, 9.17) is 0 Å². The lowest BCUT2D eigenvalue weighted by atomic mass is 10.0. The Labute approximate surface area is 116 Å². The van der Waals surface area contributed by atoms with Crippen LogP contribution >= 0.6 is 0 Å². The summed E-state index contributed by atoms with van der Waals surface area (Å²) in [5.74, 6) is 0. The van der Waals surface area contributed by atoms with Gasteiger partial charge in [0, 0.05) is 28.7 Å². The van der Waals surface area contributed by atoms with E-state index in [-0.39, 0.29) is 0 Å². The van der Waals surface area contributed by atoms with Crippen LogP contribution in [-0.4, -0.2) is 9.97 Å². The third kappa shape index (κ3) is 1.74. The average molecular weight is 256 g/mol. The summed E-state index contributed by atoms with van der Waals surface area (Å²) < 4.78 is 0. The molecule has 2 aromatic carbocycles. The molecule has 0 amide bonds. The Morgan fingerprint density at radius 2 is 1.45 bits per heavy atom. The molecule has 0 aliphatic carbocycles. The summed E-state index contributed by atoms with van der Waals surface area (Å²) in [6.45, 7) is 0. The van der Waals surface area contributed by atoms with Crippen molar-refractivity contribution in [3.63, 3.8) is 0 Å². The minimum absolute atomic E-state index is 1.01. The molecule has 0 atom stereocenters. The molecule has 0 bridgehead atoms. The minimum atomic E-state index is 1.01. The normalized spacial score (nSPS) is 11.0. The number of aromatic nitrogens is 2. The summed E-state index contributed by atoms with van der Waals surface area (Å²) in [6.07, 6.45) is 3.67. The van der Waals surface area contributed by atoms with Crippen LogP contribution in [0.2, 0.25) is 0 Å². The van der Waals surface area contributed by atoms with E-state index in [0.717, 1.165) is 32.9 Å². The highest BCUT2D eigenvalue weighted by molar-refractivity contribution is 5.95. The van der Waals surface area contributed by atoms with Crippen LogP contribution in [0.5, 0.6) is 0 Å². The fraction of sp³-hybridized carbons (Fsp3) is 0. The Morgan fingerprint density at radius 1 is 0.650 bits per heavy atom. The van der Waals surface area contributed by atoms with E-state index >= 15 is 0 Å². The molecule has 4 rings (SSSR count). The Hall–Kier alpha value is -2.74. The van der Waals surface area contributed by atoms with Crippen molar-refractivity contribution in [2.24, 2.45) is 0 Å². The molecule has 0 saturated heterocycles. The van der Waals surface area contributed by atoms with Crippen molar-refractivity contribution in [3.05, 3.63) is 73.1 Å². The summed E-state index contributed by atoms with van der Waals surface area (Å²) in [5.41, 5.74) is 4.35. The van der Waals surface area contributed by atoms with Gasteiger partial charge in [-0.15, -0.1) is 0 Å². The molecule has 20 heavy (non-hydrogen) atoms. The molecule has 0 spiro atoms. The summed E-state index contributed by atoms with van der Waals surface area (Å²) >= 11 is 0. The SMILES string of the molecule is c1cnc2cc(-c3cccc4cccnc34)ccc2c1. The molecule has 2 aromatic heterocycles. The fourth-order valence-corrected chi connectivity index (χ4v) is 2.57. The summed E-state index contributed by atoms with van der Waals surface area (Å²) in [5, 5.41) is 2.32. The zero-order valence-corrected chi connectivity index (χ0v) is 10.8. The number of fused-ring (bicyclic) bond motifs is 2. The van der Waals surface area contributed by atoms with Crippen molar-refractivity contribution in [3.8, 4) is 11.1 Å². The predicted molar refractivity (Wildman–Crippen MR) is 82.5 cm³/mol. The van der Waals surface area contributed by atoms with E-state index in [1.165, 1.54) is 0 Å². The fourth-order valence-electron chi connectivity index (χ4n) is 2.57. The molecule has 0 radical (unpaired) electrons. The maximum Gasteiger partial charge on any atom is 0.0780 e. The third-order valence-corrected chi connectivity index (χ3v) is 3.55. The zero-order valence-electron chi connectivity index (χ0n) is 10.8. The zero-order chi connectivity index (χ0) is 13.4. The van der Waals surface area contributed by atoms with Gasteiger partial charge in [0.15, 0.2) is 0 Å². The molecule has 94 valence electrons. The first-order valence-electron chi connectivity index (χ1n) is 6.61. The summed E-state index contributed by atoms with van der Waals surface area (Å²) in [4.78, 5) is 8.94. The maximum atomic E-state index is 4.52. The van der Waals surface area contributed by atoms with Crippen LogP contribution in [0.1, 0.15) is 0 Å². The Kier molecular flexibility index (Phi) is 2.46. The standard InChI is InChI=1S/C18H12N2/c1-4-14-6-3-11-20-18(14)16(7-1)15-9-8-13-5-2-10-19-17(13)12-15/h1-12H. The van der Waals surface area contributed by atoms with Gasteiger partial charge in [0.05, 0.1) is 11.0 Å². The molecule has 0 aliphatic rings. The molecule has 0 saturated carbocycles. The molecule has 2 nitrogen and oxygen atoms in total. The predicted octanol–water partition coefficient (Wildman–Crippen LogP) is 4.45. The molecule has 2 heterocycles. The molecule has 0 unspecified atom stereocenters. The lowest BCUT2D eigenvalue weighted by Gasteiger charge is -2.07. The van der Waals surface area contributed by atoms with Crippen molar-refractivity contribution in [1.82, 2.24) is 9.97 Å². The van der Waals surface area contributed by atoms with Crippen LogP contribution in [-0.2, 0) is 0 Å². The van der Waals surface area contributed by atoms with E-state index in [1.54, 1.807) is 0 Å². The lowest BCUT2D eigenvalue weighted by molar-refractivity contribution is 1.40. The number of hydrogen-bond acceptors (Lipinski definition) is 2.